The number of nitrogen functional groups attached to an aromatic ring is 1. The van der Waals surface area contributed by atoms with Gasteiger partial charge in [0, 0.05) is 23.4 Å². The first-order valence-electron chi connectivity index (χ1n) is 5.63. The Kier molecular flexibility index (Phi) is 3.52. The Bertz CT molecular complexity index is 561. The van der Waals surface area contributed by atoms with Gasteiger partial charge in [-0.15, -0.1) is 0 Å². The molecule has 0 fully saturated rings. The summed E-state index contributed by atoms with van der Waals surface area (Å²) in [6, 6.07) is 3.80. The SMILES string of the molecule is CC(C)(C)c1nc(-c2cccnc2)nc(N)c1I. The average Bonchev–Trinajstić information content (AvgIpc) is 2.32. The first-order chi connectivity index (χ1) is 8.39. The Morgan fingerprint density at radius 3 is 2.50 bits per heavy atom. The number of aromatic nitrogens is 3. The van der Waals surface area contributed by atoms with Gasteiger partial charge in [-0.05, 0) is 34.7 Å². The van der Waals surface area contributed by atoms with Crippen LogP contribution < -0.4 is 5.73 Å². The minimum atomic E-state index is -0.0649. The molecule has 94 valence electrons. The van der Waals surface area contributed by atoms with Crippen molar-refractivity contribution in [3.05, 3.63) is 33.8 Å². The van der Waals surface area contributed by atoms with E-state index < -0.39 is 0 Å². The highest BCUT2D eigenvalue weighted by Crippen LogP contribution is 2.30. The Balaban J connectivity index is 2.62. The number of hydrogen-bond donors (Lipinski definition) is 1. The van der Waals surface area contributed by atoms with Crippen LogP contribution in [0.3, 0.4) is 0 Å². The molecule has 0 aliphatic rings. The molecule has 0 aromatic carbocycles. The first kappa shape index (κ1) is 13.2. The Morgan fingerprint density at radius 2 is 1.94 bits per heavy atom. The quantitative estimate of drug-likeness (QED) is 0.800. The maximum absolute atomic E-state index is 5.98. The maximum atomic E-state index is 5.98. The molecule has 0 atom stereocenters. The lowest BCUT2D eigenvalue weighted by molar-refractivity contribution is 0.564. The Labute approximate surface area is 120 Å². The Morgan fingerprint density at radius 1 is 1.22 bits per heavy atom. The lowest BCUT2D eigenvalue weighted by atomic mass is 9.92. The van der Waals surface area contributed by atoms with E-state index in [-0.39, 0.29) is 5.41 Å². The van der Waals surface area contributed by atoms with Crippen molar-refractivity contribution in [2.24, 2.45) is 0 Å². The molecule has 0 saturated carbocycles. The molecule has 0 saturated heterocycles. The third-order valence-electron chi connectivity index (χ3n) is 2.51. The highest BCUT2D eigenvalue weighted by molar-refractivity contribution is 14.1. The van der Waals surface area contributed by atoms with Gasteiger partial charge in [0.15, 0.2) is 5.82 Å². The van der Waals surface area contributed by atoms with Crippen molar-refractivity contribution in [2.75, 3.05) is 5.73 Å². The van der Waals surface area contributed by atoms with Gasteiger partial charge in [0.25, 0.3) is 0 Å². The summed E-state index contributed by atoms with van der Waals surface area (Å²) >= 11 is 2.20. The summed E-state index contributed by atoms with van der Waals surface area (Å²) in [4.78, 5) is 13.1. The molecule has 2 heterocycles. The summed E-state index contributed by atoms with van der Waals surface area (Å²) in [5, 5.41) is 0. The zero-order valence-electron chi connectivity index (χ0n) is 10.6. The molecule has 0 aliphatic heterocycles. The van der Waals surface area contributed by atoms with E-state index in [2.05, 4.69) is 58.3 Å². The summed E-state index contributed by atoms with van der Waals surface area (Å²) in [6.07, 6.45) is 3.47. The minimum absolute atomic E-state index is 0.0649. The van der Waals surface area contributed by atoms with E-state index in [1.807, 2.05) is 12.1 Å². The van der Waals surface area contributed by atoms with E-state index in [4.69, 9.17) is 5.73 Å². The van der Waals surface area contributed by atoms with Crippen LogP contribution in [0.1, 0.15) is 26.5 Å². The number of pyridine rings is 1. The van der Waals surface area contributed by atoms with E-state index in [0.29, 0.717) is 11.6 Å². The van der Waals surface area contributed by atoms with Crippen LogP contribution in [0.2, 0.25) is 0 Å². The maximum Gasteiger partial charge on any atom is 0.163 e. The molecule has 2 aromatic rings. The van der Waals surface area contributed by atoms with Crippen molar-refractivity contribution in [1.29, 1.82) is 0 Å². The number of nitrogens with zero attached hydrogens (tertiary/aromatic N) is 3. The van der Waals surface area contributed by atoms with Crippen LogP contribution in [-0.4, -0.2) is 15.0 Å². The molecule has 18 heavy (non-hydrogen) atoms. The molecular weight excluding hydrogens is 339 g/mol. The molecule has 2 aromatic heterocycles. The normalized spacial score (nSPS) is 11.6. The second-order valence-electron chi connectivity index (χ2n) is 5.09. The summed E-state index contributed by atoms with van der Waals surface area (Å²) in [5.74, 6) is 1.15. The van der Waals surface area contributed by atoms with Gasteiger partial charge in [-0.25, -0.2) is 9.97 Å². The van der Waals surface area contributed by atoms with Gasteiger partial charge >= 0.3 is 0 Å². The molecule has 5 heteroatoms. The topological polar surface area (TPSA) is 64.7 Å². The molecule has 0 amide bonds. The second kappa shape index (κ2) is 4.79. The number of halogens is 1. The van der Waals surface area contributed by atoms with Gasteiger partial charge in [-0.3, -0.25) is 4.98 Å². The molecule has 0 bridgehead atoms. The lowest BCUT2D eigenvalue weighted by Crippen LogP contribution is -2.18. The smallest absolute Gasteiger partial charge is 0.163 e. The van der Waals surface area contributed by atoms with Crippen molar-refractivity contribution in [2.45, 2.75) is 26.2 Å². The van der Waals surface area contributed by atoms with E-state index in [9.17, 15) is 0 Å². The number of nitrogens with two attached hydrogens (primary N) is 1. The fourth-order valence-corrected chi connectivity index (χ4v) is 2.64. The summed E-state index contributed by atoms with van der Waals surface area (Å²) in [5.41, 5.74) is 7.76. The van der Waals surface area contributed by atoms with Crippen molar-refractivity contribution >= 4 is 28.4 Å². The second-order valence-corrected chi connectivity index (χ2v) is 6.17. The van der Waals surface area contributed by atoms with Crippen LogP contribution in [0, 0.1) is 3.57 Å². The summed E-state index contributed by atoms with van der Waals surface area (Å²) < 4.78 is 0.924. The zero-order valence-corrected chi connectivity index (χ0v) is 12.8. The molecule has 2 rings (SSSR count). The van der Waals surface area contributed by atoms with E-state index in [1.54, 1.807) is 12.4 Å². The predicted octanol–water partition coefficient (Wildman–Crippen LogP) is 3.02. The summed E-state index contributed by atoms with van der Waals surface area (Å²) in [7, 11) is 0. The molecule has 4 nitrogen and oxygen atoms in total. The monoisotopic (exact) mass is 354 g/mol. The van der Waals surface area contributed by atoms with Crippen molar-refractivity contribution in [3.8, 4) is 11.4 Å². The Hall–Kier alpha value is -1.24. The molecule has 0 radical (unpaired) electrons. The standard InChI is InChI=1S/C13H15IN4/c1-13(2,3)10-9(14)11(15)18-12(17-10)8-5-4-6-16-7-8/h4-7H,1-3H3,(H2,15,17,18). The number of hydrogen-bond acceptors (Lipinski definition) is 4. The molecule has 0 spiro atoms. The number of anilines is 1. The highest BCUT2D eigenvalue weighted by atomic mass is 127. The first-order valence-corrected chi connectivity index (χ1v) is 6.71. The van der Waals surface area contributed by atoms with Gasteiger partial charge in [0.1, 0.15) is 5.82 Å². The molecule has 0 aliphatic carbocycles. The number of rotatable bonds is 1. The largest absolute Gasteiger partial charge is 0.383 e. The third kappa shape index (κ3) is 2.60. The average molecular weight is 354 g/mol. The van der Waals surface area contributed by atoms with E-state index in [1.165, 1.54) is 0 Å². The zero-order chi connectivity index (χ0) is 13.3. The lowest BCUT2D eigenvalue weighted by Gasteiger charge is -2.20. The van der Waals surface area contributed by atoms with Crippen molar-refractivity contribution < 1.29 is 0 Å². The third-order valence-corrected chi connectivity index (χ3v) is 3.57. The van der Waals surface area contributed by atoms with Gasteiger partial charge in [-0.2, -0.15) is 0 Å². The minimum Gasteiger partial charge on any atom is -0.383 e. The van der Waals surface area contributed by atoms with Crippen LogP contribution in [-0.2, 0) is 5.41 Å². The van der Waals surface area contributed by atoms with E-state index in [0.717, 1.165) is 14.8 Å². The fourth-order valence-electron chi connectivity index (χ4n) is 1.59. The van der Waals surface area contributed by atoms with Crippen LogP contribution in [0.4, 0.5) is 5.82 Å². The molecule has 2 N–H and O–H groups in total. The fraction of sp³-hybridized carbons (Fsp3) is 0.308. The predicted molar refractivity (Wildman–Crippen MR) is 81.1 cm³/mol. The van der Waals surface area contributed by atoms with Crippen LogP contribution in [0.5, 0.6) is 0 Å². The van der Waals surface area contributed by atoms with Crippen molar-refractivity contribution in [3.63, 3.8) is 0 Å². The summed E-state index contributed by atoms with van der Waals surface area (Å²) in [6.45, 7) is 6.35. The van der Waals surface area contributed by atoms with E-state index >= 15 is 0 Å². The van der Waals surface area contributed by atoms with Gasteiger partial charge in [0.05, 0.1) is 9.26 Å². The van der Waals surface area contributed by atoms with Crippen LogP contribution >= 0.6 is 22.6 Å². The van der Waals surface area contributed by atoms with Gasteiger partial charge in [-0.1, -0.05) is 20.8 Å². The highest BCUT2D eigenvalue weighted by Gasteiger charge is 2.22. The molecular formula is C13H15IN4. The van der Waals surface area contributed by atoms with Gasteiger partial charge < -0.3 is 5.73 Å². The van der Waals surface area contributed by atoms with Crippen LogP contribution in [0.25, 0.3) is 11.4 Å². The van der Waals surface area contributed by atoms with Crippen LogP contribution in [0.15, 0.2) is 24.5 Å². The molecule has 0 unspecified atom stereocenters. The van der Waals surface area contributed by atoms with Gasteiger partial charge in [0.2, 0.25) is 0 Å². The van der Waals surface area contributed by atoms with Crippen molar-refractivity contribution in [1.82, 2.24) is 15.0 Å².